The van der Waals surface area contributed by atoms with Crippen LogP contribution in [0.4, 0.5) is 8.78 Å². The molecule has 1 aromatic heterocycles. The van der Waals surface area contributed by atoms with E-state index in [0.717, 1.165) is 16.0 Å². The third-order valence-corrected chi connectivity index (χ3v) is 6.89. The molecule has 0 N–H and O–H groups in total. The normalized spacial score (nSPS) is 10.8. The number of fused-ring (bicyclic) bond motifs is 1. The molecule has 0 aliphatic carbocycles. The van der Waals surface area contributed by atoms with Gasteiger partial charge in [0.05, 0.1) is 11.2 Å². The molecule has 0 unspecified atom stereocenters. The van der Waals surface area contributed by atoms with Crippen LogP contribution in [0.3, 0.4) is 0 Å². The predicted octanol–water partition coefficient (Wildman–Crippen LogP) is 7.48. The fraction of sp³-hybridized carbons (Fsp3) is 0.0667. The average Bonchev–Trinajstić information content (AvgIpc) is 2.91. The van der Waals surface area contributed by atoms with Crippen molar-refractivity contribution in [2.24, 2.45) is 0 Å². The minimum absolute atomic E-state index is 0.108. The Bertz CT molecular complexity index is 1690. The van der Waals surface area contributed by atoms with Crippen molar-refractivity contribution in [3.05, 3.63) is 136 Å². The summed E-state index contributed by atoms with van der Waals surface area (Å²) in [6, 6.07) is 27.1. The Morgan fingerprint density at radius 1 is 0.892 bits per heavy atom. The molecule has 5 rings (SSSR count). The maximum atomic E-state index is 15.4. The average molecular weight is 511 g/mol. The molecule has 0 aliphatic rings. The number of benzene rings is 4. The van der Waals surface area contributed by atoms with Gasteiger partial charge in [-0.1, -0.05) is 42.5 Å². The molecule has 0 aliphatic heterocycles. The molecule has 4 nitrogen and oxygen atoms in total. The topological polar surface area (TPSA) is 35.6 Å². The smallest absolute Gasteiger partial charge is 0.357 e. The van der Waals surface area contributed by atoms with Crippen LogP contribution in [0.1, 0.15) is 5.56 Å². The van der Waals surface area contributed by atoms with Crippen LogP contribution in [0.25, 0.3) is 32.6 Å². The highest BCUT2D eigenvalue weighted by molar-refractivity contribution is 7.98. The molecule has 0 spiro atoms. The summed E-state index contributed by atoms with van der Waals surface area (Å²) in [5.41, 5.74) is 2.00. The maximum absolute atomic E-state index is 15.4. The van der Waals surface area contributed by atoms with Gasteiger partial charge in [-0.15, -0.1) is 11.8 Å². The van der Waals surface area contributed by atoms with Gasteiger partial charge >= 0.3 is 6.73 Å². The number of pyridine rings is 1. The number of halogens is 2. The highest BCUT2D eigenvalue weighted by atomic mass is 32.2. The SMILES string of the molecule is [C-]#[N+]COc1cc(-c2cccc(F)c2)c(F)cc1-n1c(=O)ccc2cc(SCc3ccccc3)ccc21. The van der Waals surface area contributed by atoms with Crippen molar-refractivity contribution in [1.29, 1.82) is 0 Å². The van der Waals surface area contributed by atoms with Gasteiger partial charge in [0.15, 0.2) is 5.75 Å². The predicted molar refractivity (Wildman–Crippen MR) is 143 cm³/mol. The fourth-order valence-electron chi connectivity index (χ4n) is 4.12. The van der Waals surface area contributed by atoms with Crippen LogP contribution in [0.2, 0.25) is 0 Å². The van der Waals surface area contributed by atoms with E-state index in [0.29, 0.717) is 11.1 Å². The number of thioether (sulfide) groups is 1. The molecule has 0 bridgehead atoms. The molecule has 0 radical (unpaired) electrons. The largest absolute Gasteiger partial charge is 0.424 e. The molecule has 0 fully saturated rings. The van der Waals surface area contributed by atoms with Gasteiger partial charge in [0.1, 0.15) is 11.6 Å². The van der Waals surface area contributed by atoms with Crippen LogP contribution < -0.4 is 10.3 Å². The van der Waals surface area contributed by atoms with Gasteiger partial charge in [0, 0.05) is 28.3 Å². The summed E-state index contributed by atoms with van der Waals surface area (Å²) in [5.74, 6) is -0.202. The zero-order valence-corrected chi connectivity index (χ0v) is 20.3. The highest BCUT2D eigenvalue weighted by Gasteiger charge is 2.18. The Morgan fingerprint density at radius 3 is 2.51 bits per heavy atom. The van der Waals surface area contributed by atoms with E-state index in [1.54, 1.807) is 23.9 Å². The molecule has 37 heavy (non-hydrogen) atoms. The molecule has 7 heteroatoms. The van der Waals surface area contributed by atoms with E-state index in [1.807, 2.05) is 36.4 Å². The lowest BCUT2D eigenvalue weighted by Crippen LogP contribution is -2.18. The Labute approximate surface area is 216 Å². The molecule has 0 saturated heterocycles. The first-order valence-electron chi connectivity index (χ1n) is 11.4. The van der Waals surface area contributed by atoms with Crippen molar-refractivity contribution in [2.75, 3.05) is 6.73 Å². The van der Waals surface area contributed by atoms with Crippen LogP contribution in [-0.2, 0) is 5.75 Å². The number of hydrogen-bond donors (Lipinski definition) is 0. The lowest BCUT2D eigenvalue weighted by molar-refractivity contribution is 0.359. The van der Waals surface area contributed by atoms with Crippen LogP contribution in [0.15, 0.2) is 107 Å². The van der Waals surface area contributed by atoms with E-state index in [-0.39, 0.29) is 29.3 Å². The first kappa shape index (κ1) is 24.3. The van der Waals surface area contributed by atoms with Crippen LogP contribution in [-0.4, -0.2) is 11.3 Å². The minimum Gasteiger partial charge on any atom is -0.424 e. The van der Waals surface area contributed by atoms with Crippen LogP contribution in [0, 0.1) is 18.2 Å². The van der Waals surface area contributed by atoms with Gasteiger partial charge in [-0.2, -0.15) is 0 Å². The van der Waals surface area contributed by atoms with E-state index < -0.39 is 11.6 Å². The monoisotopic (exact) mass is 510 g/mol. The summed E-state index contributed by atoms with van der Waals surface area (Å²) in [5, 5.41) is 0.795. The second-order valence-electron chi connectivity index (χ2n) is 8.24. The molecule has 0 saturated carbocycles. The van der Waals surface area contributed by atoms with Crippen molar-refractivity contribution in [3.8, 4) is 22.6 Å². The number of rotatable bonds is 7. The molecular formula is C30H20F2N2O2S. The summed E-state index contributed by atoms with van der Waals surface area (Å²) >= 11 is 1.68. The number of hydrogen-bond acceptors (Lipinski definition) is 3. The van der Waals surface area contributed by atoms with Gasteiger partial charge in [-0.3, -0.25) is 14.2 Å². The van der Waals surface area contributed by atoms with Gasteiger partial charge in [-0.25, -0.2) is 15.4 Å². The van der Waals surface area contributed by atoms with E-state index in [4.69, 9.17) is 11.3 Å². The van der Waals surface area contributed by atoms with Crippen LogP contribution >= 0.6 is 11.8 Å². The zero-order chi connectivity index (χ0) is 25.8. The quantitative estimate of drug-likeness (QED) is 0.168. The molecule has 0 amide bonds. The summed E-state index contributed by atoms with van der Waals surface area (Å²) < 4.78 is 36.2. The fourth-order valence-corrected chi connectivity index (χ4v) is 5.02. The Morgan fingerprint density at radius 2 is 1.73 bits per heavy atom. The van der Waals surface area contributed by atoms with Gasteiger partial charge in [0.2, 0.25) is 0 Å². The summed E-state index contributed by atoms with van der Waals surface area (Å²) in [6.07, 6.45) is 0. The van der Waals surface area contributed by atoms with Crippen molar-refractivity contribution in [1.82, 2.24) is 4.57 Å². The molecule has 5 aromatic rings. The van der Waals surface area contributed by atoms with E-state index in [2.05, 4.69) is 17.0 Å². The first-order valence-corrected chi connectivity index (χ1v) is 12.4. The molecule has 4 aromatic carbocycles. The van der Waals surface area contributed by atoms with E-state index in [1.165, 1.54) is 46.5 Å². The first-order chi connectivity index (χ1) is 18.0. The standard InChI is InChI=1S/C30H20F2N2O2S/c1-33-19-36-29-16-25(21-8-5-9-23(31)14-21)26(32)17-28(29)34-27-12-11-24(15-22(27)10-13-30(34)35)37-18-20-6-3-2-4-7-20/h2-17H,18-19H2. The Balaban J connectivity index is 1.60. The number of aromatic nitrogens is 1. The van der Waals surface area contributed by atoms with Crippen molar-refractivity contribution in [2.45, 2.75) is 10.6 Å². The lowest BCUT2D eigenvalue weighted by atomic mass is 10.0. The summed E-state index contributed by atoms with van der Waals surface area (Å²) in [6.45, 7) is 6.80. The second kappa shape index (κ2) is 10.7. The van der Waals surface area contributed by atoms with Crippen LogP contribution in [0.5, 0.6) is 5.75 Å². The number of ether oxygens (including phenoxy) is 1. The highest BCUT2D eigenvalue weighted by Crippen LogP contribution is 2.34. The van der Waals surface area contributed by atoms with Gasteiger partial charge in [-0.05, 0) is 59.0 Å². The zero-order valence-electron chi connectivity index (χ0n) is 19.5. The minimum atomic E-state index is -0.644. The third-order valence-electron chi connectivity index (χ3n) is 5.82. The number of nitrogens with zero attached hydrogens (tertiary/aromatic N) is 2. The molecule has 182 valence electrons. The molecule has 0 atom stereocenters. The molecular weight excluding hydrogens is 490 g/mol. The molecule has 1 heterocycles. The summed E-state index contributed by atoms with van der Waals surface area (Å²) in [7, 11) is 0. The Kier molecular flexibility index (Phi) is 7.02. The van der Waals surface area contributed by atoms with E-state index >= 15 is 4.39 Å². The third kappa shape index (κ3) is 5.25. The van der Waals surface area contributed by atoms with E-state index in [9.17, 15) is 9.18 Å². The van der Waals surface area contributed by atoms with Crippen molar-refractivity contribution >= 4 is 22.7 Å². The van der Waals surface area contributed by atoms with Gasteiger partial charge < -0.3 is 4.74 Å². The maximum Gasteiger partial charge on any atom is 0.357 e. The summed E-state index contributed by atoms with van der Waals surface area (Å²) in [4.78, 5) is 17.3. The Hall–Kier alpha value is -4.41. The van der Waals surface area contributed by atoms with Gasteiger partial charge in [0.25, 0.3) is 5.56 Å². The second-order valence-corrected chi connectivity index (χ2v) is 9.29. The van der Waals surface area contributed by atoms with Crippen molar-refractivity contribution < 1.29 is 13.5 Å². The van der Waals surface area contributed by atoms with Crippen molar-refractivity contribution in [3.63, 3.8) is 0 Å². The lowest BCUT2D eigenvalue weighted by Gasteiger charge is -2.16.